The zero-order chi connectivity index (χ0) is 27.0. The van der Waals surface area contributed by atoms with E-state index in [0.717, 1.165) is 70.4 Å². The number of nitro groups is 1. The number of nitrogens with zero attached hydrogens (tertiary/aromatic N) is 3. The Labute approximate surface area is 231 Å². The van der Waals surface area contributed by atoms with E-state index in [1.165, 1.54) is 16.7 Å². The minimum absolute atomic E-state index is 0.0593. The number of benzene rings is 3. The minimum atomic E-state index is -0.285. The Kier molecular flexibility index (Phi) is 9.17. The monoisotopic (exact) mass is 525 g/mol. The summed E-state index contributed by atoms with van der Waals surface area (Å²) in [6, 6.07) is 26.1. The number of rotatable bonds is 10. The van der Waals surface area contributed by atoms with Gasteiger partial charge in [0.2, 0.25) is 0 Å². The van der Waals surface area contributed by atoms with Gasteiger partial charge >= 0.3 is 0 Å². The molecule has 2 aliphatic rings. The molecule has 0 spiro atoms. The van der Waals surface area contributed by atoms with Crippen molar-refractivity contribution >= 4 is 11.5 Å². The second kappa shape index (κ2) is 13.1. The molecule has 0 N–H and O–H groups in total. The number of likely N-dealkylation sites (tertiary alicyclic amines) is 1. The van der Waals surface area contributed by atoms with Crippen molar-refractivity contribution in [2.75, 3.05) is 26.2 Å². The van der Waals surface area contributed by atoms with Crippen LogP contribution in [-0.4, -0.2) is 46.7 Å². The normalized spacial score (nSPS) is 18.8. The molecule has 3 aromatic carbocycles. The predicted molar refractivity (Wildman–Crippen MR) is 155 cm³/mol. The molecule has 204 valence electrons. The quantitative estimate of drug-likeness (QED) is 0.227. The van der Waals surface area contributed by atoms with Gasteiger partial charge in [-0.05, 0) is 67.8 Å². The van der Waals surface area contributed by atoms with Crippen molar-refractivity contribution in [2.45, 2.75) is 57.5 Å². The highest BCUT2D eigenvalue weighted by atomic mass is 16.6. The molecule has 5 rings (SSSR count). The van der Waals surface area contributed by atoms with Gasteiger partial charge in [-0.15, -0.1) is 0 Å². The maximum atomic E-state index is 13.6. The highest BCUT2D eigenvalue weighted by Gasteiger charge is 2.29. The van der Waals surface area contributed by atoms with E-state index < -0.39 is 0 Å². The number of fused-ring (bicyclic) bond motifs is 1. The molecule has 0 saturated carbocycles. The average Bonchev–Trinajstić information content (AvgIpc) is 3.14. The van der Waals surface area contributed by atoms with Crippen LogP contribution in [0.4, 0.5) is 5.69 Å². The Morgan fingerprint density at radius 1 is 0.846 bits per heavy atom. The van der Waals surface area contributed by atoms with E-state index in [1.807, 2.05) is 18.2 Å². The van der Waals surface area contributed by atoms with E-state index in [0.29, 0.717) is 24.7 Å². The number of para-hydroxylation sites is 1. The van der Waals surface area contributed by atoms with Gasteiger partial charge in [-0.25, -0.2) is 0 Å². The molecular formula is C33H39N3O3. The van der Waals surface area contributed by atoms with Crippen molar-refractivity contribution in [1.82, 2.24) is 9.80 Å². The van der Waals surface area contributed by atoms with Crippen LogP contribution in [0.3, 0.4) is 0 Å². The SMILES string of the molecule is O=C(CCCC1CCN(Cc2ccccc2[N+](=O)[O-])CC1)C1CN(Cc2ccccc2)CCc2ccccc21. The lowest BCUT2D eigenvalue weighted by atomic mass is 9.86. The fourth-order valence-electron chi connectivity index (χ4n) is 6.32. The highest BCUT2D eigenvalue weighted by molar-refractivity contribution is 5.86. The molecule has 0 radical (unpaired) electrons. The molecular weight excluding hydrogens is 486 g/mol. The number of hydrogen-bond donors (Lipinski definition) is 0. The Balaban J connectivity index is 1.12. The van der Waals surface area contributed by atoms with Crippen molar-refractivity contribution in [2.24, 2.45) is 5.92 Å². The zero-order valence-corrected chi connectivity index (χ0v) is 22.7. The fourth-order valence-corrected chi connectivity index (χ4v) is 6.32. The molecule has 39 heavy (non-hydrogen) atoms. The van der Waals surface area contributed by atoms with Gasteiger partial charge in [-0.2, -0.15) is 0 Å². The van der Waals surface area contributed by atoms with Crippen molar-refractivity contribution in [3.8, 4) is 0 Å². The predicted octanol–water partition coefficient (Wildman–Crippen LogP) is 6.39. The van der Waals surface area contributed by atoms with Gasteiger partial charge in [0.25, 0.3) is 5.69 Å². The van der Waals surface area contributed by atoms with Crippen LogP contribution < -0.4 is 0 Å². The molecule has 1 atom stereocenters. The molecule has 0 amide bonds. The lowest BCUT2D eigenvalue weighted by Gasteiger charge is -2.32. The lowest BCUT2D eigenvalue weighted by molar-refractivity contribution is -0.385. The summed E-state index contributed by atoms with van der Waals surface area (Å²) in [7, 11) is 0. The number of ketones is 1. The smallest absolute Gasteiger partial charge is 0.273 e. The molecule has 2 heterocycles. The van der Waals surface area contributed by atoms with E-state index >= 15 is 0 Å². The number of piperidine rings is 1. The molecule has 6 heteroatoms. The second-order valence-corrected chi connectivity index (χ2v) is 11.2. The maximum absolute atomic E-state index is 13.6. The number of nitro benzene ring substituents is 1. The summed E-state index contributed by atoms with van der Waals surface area (Å²) in [5, 5.41) is 11.3. The molecule has 0 aromatic heterocycles. The van der Waals surface area contributed by atoms with Crippen molar-refractivity contribution in [3.05, 3.63) is 111 Å². The van der Waals surface area contributed by atoms with E-state index in [2.05, 4.69) is 58.3 Å². The number of carbonyl (C=O) groups is 1. The summed E-state index contributed by atoms with van der Waals surface area (Å²) < 4.78 is 0. The second-order valence-electron chi connectivity index (χ2n) is 11.2. The highest BCUT2D eigenvalue weighted by Crippen LogP contribution is 2.30. The van der Waals surface area contributed by atoms with E-state index in [9.17, 15) is 14.9 Å². The Hall–Kier alpha value is -3.35. The van der Waals surface area contributed by atoms with E-state index in [1.54, 1.807) is 12.1 Å². The molecule has 3 aromatic rings. The molecule has 6 nitrogen and oxygen atoms in total. The molecule has 1 saturated heterocycles. The van der Waals surface area contributed by atoms with E-state index in [4.69, 9.17) is 0 Å². The van der Waals surface area contributed by atoms with Crippen molar-refractivity contribution in [3.63, 3.8) is 0 Å². The van der Waals surface area contributed by atoms with Gasteiger partial charge in [0.15, 0.2) is 0 Å². The van der Waals surface area contributed by atoms with Crippen LogP contribution >= 0.6 is 0 Å². The van der Waals surface area contributed by atoms with Gasteiger partial charge < -0.3 is 0 Å². The first-order valence-electron chi connectivity index (χ1n) is 14.4. The summed E-state index contributed by atoms with van der Waals surface area (Å²) in [6.07, 6.45) is 5.81. The van der Waals surface area contributed by atoms with Crippen LogP contribution in [-0.2, 0) is 24.3 Å². The summed E-state index contributed by atoms with van der Waals surface area (Å²) in [6.45, 7) is 5.17. The van der Waals surface area contributed by atoms with Crippen LogP contribution in [0.1, 0.15) is 60.3 Å². The van der Waals surface area contributed by atoms with Crippen molar-refractivity contribution in [1.29, 1.82) is 0 Å². The van der Waals surface area contributed by atoms with Gasteiger partial charge in [0, 0.05) is 44.2 Å². The first kappa shape index (κ1) is 27.2. The standard InChI is InChI=1S/C33H39N3O3/c37-33(16-8-11-26-17-20-34(21-18-26)24-29-13-5-7-15-32(29)36(38)39)31-25-35(23-27-9-2-1-3-10-27)22-19-28-12-4-6-14-30(28)31/h1-7,9-10,12-15,26,31H,8,11,16-25H2. The summed E-state index contributed by atoms with van der Waals surface area (Å²) in [4.78, 5) is 29.4. The van der Waals surface area contributed by atoms with Gasteiger partial charge in [-0.3, -0.25) is 24.7 Å². The molecule has 0 aliphatic carbocycles. The lowest BCUT2D eigenvalue weighted by Crippen LogP contribution is -2.33. The van der Waals surface area contributed by atoms with E-state index in [-0.39, 0.29) is 16.5 Å². The van der Waals surface area contributed by atoms with Crippen molar-refractivity contribution < 1.29 is 9.72 Å². The number of Topliss-reactive ketones (excluding diaryl/α,β-unsaturated/α-hetero) is 1. The average molecular weight is 526 g/mol. The number of hydrogen-bond acceptors (Lipinski definition) is 5. The molecule has 1 unspecified atom stereocenters. The van der Waals surface area contributed by atoms with Gasteiger partial charge in [0.05, 0.1) is 10.8 Å². The third kappa shape index (κ3) is 7.20. The first-order valence-corrected chi connectivity index (χ1v) is 14.4. The van der Waals surface area contributed by atoms with Crippen LogP contribution in [0.2, 0.25) is 0 Å². The van der Waals surface area contributed by atoms with Gasteiger partial charge in [0.1, 0.15) is 5.78 Å². The third-order valence-corrected chi connectivity index (χ3v) is 8.53. The first-order chi connectivity index (χ1) is 19.1. The van der Waals surface area contributed by atoms with Crippen LogP contribution in [0, 0.1) is 16.0 Å². The van der Waals surface area contributed by atoms with Crippen LogP contribution in [0.5, 0.6) is 0 Å². The largest absolute Gasteiger partial charge is 0.299 e. The number of carbonyl (C=O) groups excluding carboxylic acids is 1. The summed E-state index contributed by atoms with van der Waals surface area (Å²) >= 11 is 0. The summed E-state index contributed by atoms with van der Waals surface area (Å²) in [5.74, 6) is 0.933. The Morgan fingerprint density at radius 3 is 2.36 bits per heavy atom. The van der Waals surface area contributed by atoms with Gasteiger partial charge in [-0.1, -0.05) is 72.8 Å². The zero-order valence-electron chi connectivity index (χ0n) is 22.7. The summed E-state index contributed by atoms with van der Waals surface area (Å²) in [5.41, 5.74) is 4.83. The van der Waals surface area contributed by atoms with Crippen LogP contribution in [0.15, 0.2) is 78.9 Å². The van der Waals surface area contributed by atoms with Crippen LogP contribution in [0.25, 0.3) is 0 Å². The third-order valence-electron chi connectivity index (χ3n) is 8.53. The minimum Gasteiger partial charge on any atom is -0.299 e. The topological polar surface area (TPSA) is 66.7 Å². The molecule has 1 fully saturated rings. The fraction of sp³-hybridized carbons (Fsp3) is 0.424. The maximum Gasteiger partial charge on any atom is 0.273 e. The molecule has 2 aliphatic heterocycles. The molecule has 0 bridgehead atoms. The Bertz CT molecular complexity index is 1250. The Morgan fingerprint density at radius 2 is 1.56 bits per heavy atom.